The minimum absolute atomic E-state index is 0.559. The molecule has 0 spiro atoms. The van der Waals surface area contributed by atoms with Gasteiger partial charge in [0.05, 0.1) is 0 Å². The first-order valence-corrected chi connectivity index (χ1v) is 5.56. The highest BCUT2D eigenvalue weighted by atomic mass is 14.9. The van der Waals surface area contributed by atoms with Crippen LogP contribution >= 0.6 is 0 Å². The zero-order chi connectivity index (χ0) is 9.97. The van der Waals surface area contributed by atoms with E-state index in [1.54, 1.807) is 0 Å². The van der Waals surface area contributed by atoms with Crippen molar-refractivity contribution in [1.29, 1.82) is 0 Å². The molecular weight excluding hydrogens is 170 g/mol. The lowest BCUT2D eigenvalue weighted by molar-refractivity contribution is 0.428. The van der Waals surface area contributed by atoms with Crippen molar-refractivity contribution in [3.63, 3.8) is 0 Å². The molecule has 0 saturated carbocycles. The van der Waals surface area contributed by atoms with Gasteiger partial charge in [0.25, 0.3) is 0 Å². The van der Waals surface area contributed by atoms with Gasteiger partial charge in [-0.25, -0.2) is 0 Å². The zero-order valence-corrected chi connectivity index (χ0v) is 9.09. The fourth-order valence-corrected chi connectivity index (χ4v) is 2.42. The number of benzene rings is 1. The number of hydrogen-bond acceptors (Lipinski definition) is 1. The molecule has 0 radical (unpaired) electrons. The van der Waals surface area contributed by atoms with Crippen LogP contribution in [0.1, 0.15) is 36.9 Å². The lowest BCUT2D eigenvalue weighted by Gasteiger charge is -2.18. The van der Waals surface area contributed by atoms with Crippen LogP contribution in [0.5, 0.6) is 0 Å². The van der Waals surface area contributed by atoms with E-state index in [0.29, 0.717) is 6.04 Å². The Balaban J connectivity index is 2.34. The quantitative estimate of drug-likeness (QED) is 0.670. The predicted molar refractivity (Wildman–Crippen MR) is 60.3 cm³/mol. The lowest BCUT2D eigenvalue weighted by Crippen LogP contribution is -2.18. The van der Waals surface area contributed by atoms with Gasteiger partial charge in [0.1, 0.15) is 0 Å². The lowest BCUT2D eigenvalue weighted by atomic mass is 9.97. The molecule has 1 aromatic carbocycles. The fourth-order valence-electron chi connectivity index (χ4n) is 2.42. The van der Waals surface area contributed by atoms with E-state index in [2.05, 4.69) is 43.6 Å². The second kappa shape index (κ2) is 4.14. The van der Waals surface area contributed by atoms with E-state index >= 15 is 0 Å². The topological polar surface area (TPSA) is 12.0 Å². The summed E-state index contributed by atoms with van der Waals surface area (Å²) in [4.78, 5) is 0. The van der Waals surface area contributed by atoms with Crippen molar-refractivity contribution in [3.05, 3.63) is 35.4 Å². The summed E-state index contributed by atoms with van der Waals surface area (Å²) >= 11 is 0. The van der Waals surface area contributed by atoms with E-state index in [1.807, 2.05) is 0 Å². The molecular formula is C13H19N. The van der Waals surface area contributed by atoms with E-state index < -0.39 is 0 Å². The van der Waals surface area contributed by atoms with Gasteiger partial charge in [-0.3, -0.25) is 0 Å². The highest BCUT2D eigenvalue weighted by Crippen LogP contribution is 2.31. The average molecular weight is 189 g/mol. The van der Waals surface area contributed by atoms with Gasteiger partial charge in [-0.2, -0.15) is 0 Å². The molecule has 1 aliphatic carbocycles. The molecule has 2 rings (SSSR count). The highest BCUT2D eigenvalue weighted by Gasteiger charge is 2.20. The standard InChI is InChI=1S/C13H19N/c1-10-7-8-11-5-3-4-6-12(11)13(9-10)14-2/h3-6,10,13-14H,7-9H2,1-2H3. The Hall–Kier alpha value is -0.820. The molecule has 1 nitrogen and oxygen atoms in total. The Morgan fingerprint density at radius 3 is 2.86 bits per heavy atom. The van der Waals surface area contributed by atoms with Crippen molar-refractivity contribution in [2.75, 3.05) is 7.05 Å². The second-order valence-electron chi connectivity index (χ2n) is 4.42. The van der Waals surface area contributed by atoms with Gasteiger partial charge in [0.15, 0.2) is 0 Å². The molecule has 0 fully saturated rings. The number of aryl methyl sites for hydroxylation is 1. The molecule has 0 bridgehead atoms. The van der Waals surface area contributed by atoms with Crippen LogP contribution in [-0.2, 0) is 6.42 Å². The highest BCUT2D eigenvalue weighted by molar-refractivity contribution is 5.31. The fraction of sp³-hybridized carbons (Fsp3) is 0.538. The molecule has 0 aliphatic heterocycles. The van der Waals surface area contributed by atoms with E-state index in [-0.39, 0.29) is 0 Å². The molecule has 0 heterocycles. The molecule has 0 amide bonds. The van der Waals surface area contributed by atoms with Crippen LogP contribution in [0.25, 0.3) is 0 Å². The number of hydrogen-bond donors (Lipinski definition) is 1. The smallest absolute Gasteiger partial charge is 0.0322 e. The maximum atomic E-state index is 3.43. The second-order valence-corrected chi connectivity index (χ2v) is 4.42. The van der Waals surface area contributed by atoms with Crippen LogP contribution < -0.4 is 5.32 Å². The van der Waals surface area contributed by atoms with Crippen LogP contribution in [-0.4, -0.2) is 7.05 Å². The van der Waals surface area contributed by atoms with Crippen molar-refractivity contribution in [2.24, 2.45) is 5.92 Å². The van der Waals surface area contributed by atoms with Gasteiger partial charge in [-0.05, 0) is 43.4 Å². The van der Waals surface area contributed by atoms with Crippen LogP contribution in [0.3, 0.4) is 0 Å². The summed E-state index contributed by atoms with van der Waals surface area (Å²) in [5.74, 6) is 0.833. The monoisotopic (exact) mass is 189 g/mol. The molecule has 2 atom stereocenters. The van der Waals surface area contributed by atoms with Gasteiger partial charge in [-0.1, -0.05) is 31.2 Å². The first kappa shape index (κ1) is 9.72. The molecule has 1 heteroatoms. The normalized spacial score (nSPS) is 26.7. The van der Waals surface area contributed by atoms with Gasteiger partial charge >= 0.3 is 0 Å². The minimum atomic E-state index is 0.559. The van der Waals surface area contributed by atoms with Gasteiger partial charge < -0.3 is 5.32 Å². The Bertz CT molecular complexity index is 306. The van der Waals surface area contributed by atoms with Gasteiger partial charge in [0.2, 0.25) is 0 Å². The summed E-state index contributed by atoms with van der Waals surface area (Å²) in [6, 6.07) is 9.41. The third-order valence-corrected chi connectivity index (χ3v) is 3.32. The molecule has 1 N–H and O–H groups in total. The summed E-state index contributed by atoms with van der Waals surface area (Å²) in [6.07, 6.45) is 3.85. The molecule has 0 aromatic heterocycles. The van der Waals surface area contributed by atoms with E-state index in [4.69, 9.17) is 0 Å². The largest absolute Gasteiger partial charge is 0.313 e. The van der Waals surface area contributed by atoms with E-state index in [1.165, 1.54) is 30.4 Å². The summed E-state index contributed by atoms with van der Waals surface area (Å²) in [5.41, 5.74) is 3.05. The SMILES string of the molecule is CNC1CC(C)CCc2ccccc21. The molecule has 1 aromatic rings. The minimum Gasteiger partial charge on any atom is -0.313 e. The third kappa shape index (κ3) is 1.83. The maximum absolute atomic E-state index is 3.43. The molecule has 76 valence electrons. The number of rotatable bonds is 1. The summed E-state index contributed by atoms with van der Waals surface area (Å²) in [7, 11) is 2.07. The van der Waals surface area contributed by atoms with Crippen LogP contribution in [0, 0.1) is 5.92 Å². The van der Waals surface area contributed by atoms with Crippen molar-refractivity contribution in [1.82, 2.24) is 5.32 Å². The summed E-state index contributed by atoms with van der Waals surface area (Å²) in [5, 5.41) is 3.43. The molecule has 1 aliphatic rings. The Morgan fingerprint density at radius 2 is 2.07 bits per heavy atom. The van der Waals surface area contributed by atoms with Crippen LogP contribution in [0.2, 0.25) is 0 Å². The van der Waals surface area contributed by atoms with Gasteiger partial charge in [-0.15, -0.1) is 0 Å². The Labute approximate surface area is 86.5 Å². The van der Waals surface area contributed by atoms with Crippen molar-refractivity contribution < 1.29 is 0 Å². The van der Waals surface area contributed by atoms with Crippen molar-refractivity contribution in [3.8, 4) is 0 Å². The number of fused-ring (bicyclic) bond motifs is 1. The number of nitrogens with one attached hydrogen (secondary N) is 1. The molecule has 2 unspecified atom stereocenters. The van der Waals surface area contributed by atoms with Crippen LogP contribution in [0.15, 0.2) is 24.3 Å². The summed E-state index contributed by atoms with van der Waals surface area (Å²) < 4.78 is 0. The first-order valence-electron chi connectivity index (χ1n) is 5.56. The van der Waals surface area contributed by atoms with Gasteiger partial charge in [0, 0.05) is 6.04 Å². The Morgan fingerprint density at radius 1 is 1.29 bits per heavy atom. The summed E-state index contributed by atoms with van der Waals surface area (Å²) in [6.45, 7) is 2.36. The average Bonchev–Trinajstić information content (AvgIpc) is 2.38. The van der Waals surface area contributed by atoms with Crippen LogP contribution in [0.4, 0.5) is 0 Å². The zero-order valence-electron chi connectivity index (χ0n) is 9.09. The van der Waals surface area contributed by atoms with E-state index in [0.717, 1.165) is 5.92 Å². The maximum Gasteiger partial charge on any atom is 0.0322 e. The molecule has 14 heavy (non-hydrogen) atoms. The first-order chi connectivity index (χ1) is 6.81. The predicted octanol–water partition coefficient (Wildman–Crippen LogP) is 2.92. The van der Waals surface area contributed by atoms with Crippen molar-refractivity contribution in [2.45, 2.75) is 32.2 Å². The third-order valence-electron chi connectivity index (χ3n) is 3.32. The van der Waals surface area contributed by atoms with Crippen molar-refractivity contribution >= 4 is 0 Å². The van der Waals surface area contributed by atoms with E-state index in [9.17, 15) is 0 Å². The molecule has 0 saturated heterocycles. The Kier molecular flexibility index (Phi) is 2.87.